The number of hydrogen-bond acceptors (Lipinski definition) is 4. The van der Waals surface area contributed by atoms with Crippen LogP contribution in [-0.4, -0.2) is 16.5 Å². The van der Waals surface area contributed by atoms with Crippen LogP contribution in [0.3, 0.4) is 0 Å². The summed E-state index contributed by atoms with van der Waals surface area (Å²) in [5.74, 6) is 1.85. The topological polar surface area (TPSA) is 47.0 Å². The maximum absolute atomic E-state index is 6.17. The molecule has 1 aromatic heterocycles. The molecule has 0 fully saturated rings. The second kappa shape index (κ2) is 6.76. The van der Waals surface area contributed by atoms with Gasteiger partial charge in [0.05, 0.1) is 0 Å². The maximum atomic E-state index is 6.17. The number of hydrogen-bond donors (Lipinski definition) is 1. The lowest BCUT2D eigenvalue weighted by atomic mass is 10.1. The highest BCUT2D eigenvalue weighted by atomic mass is 35.5. The second-order valence-corrected chi connectivity index (χ2v) is 5.45. The highest BCUT2D eigenvalue weighted by Crippen LogP contribution is 2.28. The summed E-state index contributed by atoms with van der Waals surface area (Å²) in [4.78, 5) is 8.71. The number of ether oxygens (including phenoxy) is 1. The molecule has 0 saturated heterocycles. The van der Waals surface area contributed by atoms with Crippen molar-refractivity contribution in [3.63, 3.8) is 0 Å². The Hall–Kier alpha value is -1.81. The van der Waals surface area contributed by atoms with Crippen LogP contribution in [-0.2, 0) is 0 Å². The molecule has 0 bridgehead atoms. The van der Waals surface area contributed by atoms with Crippen LogP contribution >= 0.6 is 11.6 Å². The summed E-state index contributed by atoms with van der Waals surface area (Å²) in [5, 5.41) is 3.94. The van der Waals surface area contributed by atoms with Crippen LogP contribution in [0.2, 0.25) is 5.02 Å². The lowest BCUT2D eigenvalue weighted by Crippen LogP contribution is -2.05. The molecular weight excluding hydrogens is 286 g/mol. The minimum Gasteiger partial charge on any atom is -0.439 e. The molecule has 0 radical (unpaired) electrons. The van der Waals surface area contributed by atoms with E-state index < -0.39 is 0 Å². The van der Waals surface area contributed by atoms with E-state index in [1.165, 1.54) is 0 Å². The fourth-order valence-electron chi connectivity index (χ4n) is 1.99. The first kappa shape index (κ1) is 15.6. The zero-order valence-corrected chi connectivity index (χ0v) is 13.6. The highest BCUT2D eigenvalue weighted by Gasteiger charge is 2.07. The van der Waals surface area contributed by atoms with Crippen LogP contribution in [0.5, 0.6) is 11.6 Å². The van der Waals surface area contributed by atoms with Gasteiger partial charge in [0.2, 0.25) is 11.8 Å². The summed E-state index contributed by atoms with van der Waals surface area (Å²) >= 11 is 6.17. The highest BCUT2D eigenvalue weighted by molar-refractivity contribution is 6.32. The molecule has 0 atom stereocenters. The molecule has 1 N–H and O–H groups in total. The van der Waals surface area contributed by atoms with Crippen molar-refractivity contribution >= 4 is 17.5 Å². The zero-order chi connectivity index (χ0) is 15.4. The average Bonchev–Trinajstić information content (AvgIpc) is 2.42. The Bertz CT molecular complexity index is 620. The third kappa shape index (κ3) is 4.08. The lowest BCUT2D eigenvalue weighted by Gasteiger charge is -2.11. The minimum absolute atomic E-state index is 0.530. The number of halogens is 1. The van der Waals surface area contributed by atoms with E-state index in [1.54, 1.807) is 0 Å². The van der Waals surface area contributed by atoms with Crippen molar-refractivity contribution < 1.29 is 4.74 Å². The molecule has 0 amide bonds. The number of anilines is 1. The smallest absolute Gasteiger partial charge is 0.226 e. The molecule has 2 aromatic rings. The fourth-order valence-corrected chi connectivity index (χ4v) is 2.10. The summed E-state index contributed by atoms with van der Waals surface area (Å²) in [6, 6.07) is 5.63. The Morgan fingerprint density at radius 3 is 2.38 bits per heavy atom. The van der Waals surface area contributed by atoms with Gasteiger partial charge in [0.15, 0.2) is 0 Å². The van der Waals surface area contributed by atoms with E-state index in [-0.39, 0.29) is 0 Å². The Kier molecular flexibility index (Phi) is 5.02. The van der Waals surface area contributed by atoms with Crippen molar-refractivity contribution in [2.45, 2.75) is 34.1 Å². The van der Waals surface area contributed by atoms with E-state index in [4.69, 9.17) is 16.3 Å². The molecule has 4 nitrogen and oxygen atoms in total. The van der Waals surface area contributed by atoms with Gasteiger partial charge in [-0.3, -0.25) is 0 Å². The standard InChI is InChI=1S/C16H20ClN3O/c1-5-6-18-16-19-12(4)9-14(20-16)21-13-7-10(2)15(17)11(3)8-13/h7-9H,5-6H2,1-4H3,(H,18,19,20). The first-order chi connectivity index (χ1) is 9.99. The van der Waals surface area contributed by atoms with E-state index >= 15 is 0 Å². The zero-order valence-electron chi connectivity index (χ0n) is 12.8. The van der Waals surface area contributed by atoms with Gasteiger partial charge in [0.25, 0.3) is 0 Å². The first-order valence-electron chi connectivity index (χ1n) is 7.03. The lowest BCUT2D eigenvalue weighted by molar-refractivity contribution is 0.461. The van der Waals surface area contributed by atoms with Crippen molar-refractivity contribution in [3.8, 4) is 11.6 Å². The van der Waals surface area contributed by atoms with Gasteiger partial charge < -0.3 is 10.1 Å². The number of aromatic nitrogens is 2. The fraction of sp³-hybridized carbons (Fsp3) is 0.375. The van der Waals surface area contributed by atoms with Gasteiger partial charge in [-0.2, -0.15) is 4.98 Å². The third-order valence-corrected chi connectivity index (χ3v) is 3.59. The minimum atomic E-state index is 0.530. The molecule has 5 heteroatoms. The van der Waals surface area contributed by atoms with Crippen LogP contribution in [0, 0.1) is 20.8 Å². The van der Waals surface area contributed by atoms with Gasteiger partial charge in [0.1, 0.15) is 5.75 Å². The number of nitrogens with one attached hydrogen (secondary N) is 1. The quantitative estimate of drug-likeness (QED) is 0.872. The summed E-state index contributed by atoms with van der Waals surface area (Å²) in [6.07, 6.45) is 1.02. The molecule has 1 heterocycles. The molecular formula is C16H20ClN3O. The van der Waals surface area contributed by atoms with Crippen molar-refractivity contribution in [1.82, 2.24) is 9.97 Å². The molecule has 0 spiro atoms. The van der Waals surface area contributed by atoms with E-state index in [2.05, 4.69) is 22.2 Å². The Morgan fingerprint density at radius 1 is 1.10 bits per heavy atom. The van der Waals surface area contributed by atoms with Gasteiger partial charge in [-0.05, 0) is 50.5 Å². The molecule has 0 aliphatic rings. The Balaban J connectivity index is 2.24. The number of benzene rings is 1. The average molecular weight is 306 g/mol. The molecule has 0 aliphatic heterocycles. The van der Waals surface area contributed by atoms with Gasteiger partial charge >= 0.3 is 0 Å². The monoisotopic (exact) mass is 305 g/mol. The van der Waals surface area contributed by atoms with Crippen molar-refractivity contribution in [3.05, 3.63) is 40.0 Å². The molecule has 2 rings (SSSR count). The van der Waals surface area contributed by atoms with Gasteiger partial charge in [-0.15, -0.1) is 0 Å². The van der Waals surface area contributed by atoms with Crippen LogP contribution in [0.1, 0.15) is 30.2 Å². The number of aryl methyl sites for hydroxylation is 3. The Labute approximate surface area is 130 Å². The van der Waals surface area contributed by atoms with Crippen LogP contribution in [0.4, 0.5) is 5.95 Å². The van der Waals surface area contributed by atoms with Crippen LogP contribution < -0.4 is 10.1 Å². The molecule has 112 valence electrons. The normalized spacial score (nSPS) is 10.5. The predicted molar refractivity (Wildman–Crippen MR) is 86.5 cm³/mol. The molecule has 1 aromatic carbocycles. The largest absolute Gasteiger partial charge is 0.439 e. The van der Waals surface area contributed by atoms with E-state index in [1.807, 2.05) is 39.0 Å². The molecule has 0 unspecified atom stereocenters. The van der Waals surface area contributed by atoms with Gasteiger partial charge in [0, 0.05) is 23.3 Å². The van der Waals surface area contributed by atoms with Crippen LogP contribution in [0.15, 0.2) is 18.2 Å². The van der Waals surface area contributed by atoms with E-state index in [0.29, 0.717) is 11.8 Å². The van der Waals surface area contributed by atoms with Crippen LogP contribution in [0.25, 0.3) is 0 Å². The number of rotatable bonds is 5. The van der Waals surface area contributed by atoms with Gasteiger partial charge in [-0.1, -0.05) is 18.5 Å². The molecule has 0 aliphatic carbocycles. The second-order valence-electron chi connectivity index (χ2n) is 5.07. The predicted octanol–water partition coefficient (Wildman–Crippen LogP) is 4.67. The summed E-state index contributed by atoms with van der Waals surface area (Å²) < 4.78 is 5.85. The van der Waals surface area contributed by atoms with E-state index in [0.717, 1.165) is 40.6 Å². The van der Waals surface area contributed by atoms with Gasteiger partial charge in [-0.25, -0.2) is 4.98 Å². The van der Waals surface area contributed by atoms with Crippen molar-refractivity contribution in [2.24, 2.45) is 0 Å². The summed E-state index contributed by atoms with van der Waals surface area (Å²) in [7, 11) is 0. The number of nitrogens with zero attached hydrogens (tertiary/aromatic N) is 2. The molecule has 0 saturated carbocycles. The van der Waals surface area contributed by atoms with Crippen molar-refractivity contribution in [1.29, 1.82) is 0 Å². The molecule has 21 heavy (non-hydrogen) atoms. The Morgan fingerprint density at radius 2 is 1.76 bits per heavy atom. The van der Waals surface area contributed by atoms with Crippen molar-refractivity contribution in [2.75, 3.05) is 11.9 Å². The third-order valence-electron chi connectivity index (χ3n) is 3.00. The first-order valence-corrected chi connectivity index (χ1v) is 7.41. The summed E-state index contributed by atoms with van der Waals surface area (Å²) in [5.41, 5.74) is 2.84. The maximum Gasteiger partial charge on any atom is 0.226 e. The SMILES string of the molecule is CCCNc1nc(C)cc(Oc2cc(C)c(Cl)c(C)c2)n1. The summed E-state index contributed by atoms with van der Waals surface area (Å²) in [6.45, 7) is 8.77. The van der Waals surface area contributed by atoms with E-state index in [9.17, 15) is 0 Å².